The molecule has 1 fully saturated rings. The molecule has 1 aliphatic rings. The van der Waals surface area contributed by atoms with E-state index in [4.69, 9.17) is 9.47 Å². The van der Waals surface area contributed by atoms with E-state index in [0.717, 1.165) is 0 Å². The van der Waals surface area contributed by atoms with Crippen LogP contribution in [-0.4, -0.2) is 37.1 Å². The van der Waals surface area contributed by atoms with Gasteiger partial charge in [0.15, 0.2) is 0 Å². The summed E-state index contributed by atoms with van der Waals surface area (Å²) >= 11 is 0. The summed E-state index contributed by atoms with van der Waals surface area (Å²) in [5.74, 6) is -1.24. The van der Waals surface area contributed by atoms with Gasteiger partial charge in [0, 0.05) is 6.04 Å². The van der Waals surface area contributed by atoms with Crippen LogP contribution in [0.4, 0.5) is 0 Å². The fourth-order valence-corrected chi connectivity index (χ4v) is 2.72. The molecule has 0 bridgehead atoms. The number of ether oxygens (including phenoxy) is 2. The summed E-state index contributed by atoms with van der Waals surface area (Å²) < 4.78 is 9.79. The van der Waals surface area contributed by atoms with Crippen molar-refractivity contribution in [3.63, 3.8) is 0 Å². The van der Waals surface area contributed by atoms with Crippen LogP contribution < -0.4 is 5.32 Å². The minimum Gasteiger partial charge on any atom is -0.466 e. The zero-order valence-corrected chi connectivity index (χ0v) is 12.5. The molecule has 3 atom stereocenters. The lowest BCUT2D eigenvalue weighted by molar-refractivity contribution is -0.150. The number of amides is 1. The highest BCUT2D eigenvalue weighted by atomic mass is 16.5. The van der Waals surface area contributed by atoms with Gasteiger partial charge >= 0.3 is 11.9 Å². The average Bonchev–Trinajstić information content (AvgIpc) is 2.94. The van der Waals surface area contributed by atoms with Crippen molar-refractivity contribution in [3.05, 3.63) is 0 Å². The van der Waals surface area contributed by atoms with Crippen molar-refractivity contribution in [2.45, 2.75) is 46.6 Å². The maximum Gasteiger partial charge on any atom is 0.315 e. The van der Waals surface area contributed by atoms with E-state index in [1.165, 1.54) is 0 Å². The van der Waals surface area contributed by atoms with Crippen molar-refractivity contribution >= 4 is 17.8 Å². The molecule has 0 aliphatic heterocycles. The Bertz CT molecular complexity index is 395. The molecule has 0 heterocycles. The maximum absolute atomic E-state index is 12.0. The van der Waals surface area contributed by atoms with Crippen molar-refractivity contribution in [2.75, 3.05) is 13.2 Å². The number of carbonyl (C=O) groups is 3. The maximum atomic E-state index is 12.0. The van der Waals surface area contributed by atoms with Gasteiger partial charge in [0.2, 0.25) is 5.91 Å². The van der Waals surface area contributed by atoms with E-state index in [1.807, 2.05) is 13.8 Å². The van der Waals surface area contributed by atoms with Gasteiger partial charge in [-0.3, -0.25) is 14.4 Å². The van der Waals surface area contributed by atoms with Crippen LogP contribution in [0.1, 0.15) is 40.5 Å². The summed E-state index contributed by atoms with van der Waals surface area (Å²) in [7, 11) is 0. The van der Waals surface area contributed by atoms with Gasteiger partial charge in [0.05, 0.1) is 18.6 Å². The van der Waals surface area contributed by atoms with E-state index in [0.29, 0.717) is 13.0 Å². The number of esters is 2. The topological polar surface area (TPSA) is 81.7 Å². The van der Waals surface area contributed by atoms with Gasteiger partial charge in [-0.05, 0) is 26.2 Å². The lowest BCUT2D eigenvalue weighted by Crippen LogP contribution is -2.34. The molecule has 0 aromatic rings. The Balaban J connectivity index is 2.58. The van der Waals surface area contributed by atoms with Crippen LogP contribution in [0.2, 0.25) is 0 Å². The third-order valence-corrected chi connectivity index (χ3v) is 3.93. The lowest BCUT2D eigenvalue weighted by atomic mass is 10.0. The van der Waals surface area contributed by atoms with E-state index in [2.05, 4.69) is 5.32 Å². The van der Waals surface area contributed by atoms with Gasteiger partial charge in [-0.25, -0.2) is 0 Å². The molecule has 0 aromatic heterocycles. The standard InChI is InChI=1S/C14H23NO5/c1-5-14(13(18)20-7-3)9(4)12(14)15-10(16)8-11(17)19-6-2/h9,12H,5-8H2,1-4H3,(H,15,16). The summed E-state index contributed by atoms with van der Waals surface area (Å²) in [4.78, 5) is 35.0. The SMILES string of the molecule is CCOC(=O)CC(=O)NC1C(C)C1(CC)C(=O)OCC. The van der Waals surface area contributed by atoms with E-state index < -0.39 is 17.3 Å². The first-order valence-electron chi connectivity index (χ1n) is 7.06. The first-order valence-corrected chi connectivity index (χ1v) is 7.06. The minimum atomic E-state index is -0.652. The van der Waals surface area contributed by atoms with Crippen LogP contribution >= 0.6 is 0 Å². The van der Waals surface area contributed by atoms with Crippen LogP contribution in [0.15, 0.2) is 0 Å². The van der Waals surface area contributed by atoms with Crippen LogP contribution in [0.5, 0.6) is 0 Å². The van der Waals surface area contributed by atoms with E-state index >= 15 is 0 Å². The van der Waals surface area contributed by atoms with E-state index in [1.54, 1.807) is 13.8 Å². The molecule has 6 heteroatoms. The van der Waals surface area contributed by atoms with Crippen LogP contribution in [0, 0.1) is 11.3 Å². The fourth-order valence-electron chi connectivity index (χ4n) is 2.72. The van der Waals surface area contributed by atoms with Crippen LogP contribution in [-0.2, 0) is 23.9 Å². The Morgan fingerprint density at radius 2 is 1.70 bits per heavy atom. The molecular formula is C14H23NO5. The van der Waals surface area contributed by atoms with Gasteiger partial charge in [0.1, 0.15) is 6.42 Å². The molecule has 114 valence electrons. The van der Waals surface area contributed by atoms with E-state index in [-0.39, 0.29) is 31.0 Å². The Kier molecular flexibility index (Phi) is 5.53. The molecule has 20 heavy (non-hydrogen) atoms. The van der Waals surface area contributed by atoms with Gasteiger partial charge < -0.3 is 14.8 Å². The molecule has 6 nitrogen and oxygen atoms in total. The highest BCUT2D eigenvalue weighted by Crippen LogP contribution is 2.55. The number of carbonyl (C=O) groups excluding carboxylic acids is 3. The molecule has 3 unspecified atom stereocenters. The average molecular weight is 285 g/mol. The smallest absolute Gasteiger partial charge is 0.315 e. The van der Waals surface area contributed by atoms with Crippen LogP contribution in [0.3, 0.4) is 0 Å². The lowest BCUT2D eigenvalue weighted by Gasteiger charge is -2.14. The predicted octanol–water partition coefficient (Wildman–Crippen LogP) is 1.03. The third kappa shape index (κ3) is 3.11. The molecule has 0 spiro atoms. The molecule has 1 N–H and O–H groups in total. The molecular weight excluding hydrogens is 262 g/mol. The Morgan fingerprint density at radius 1 is 1.10 bits per heavy atom. The van der Waals surface area contributed by atoms with Crippen molar-refractivity contribution < 1.29 is 23.9 Å². The van der Waals surface area contributed by atoms with Crippen molar-refractivity contribution in [1.29, 1.82) is 0 Å². The summed E-state index contributed by atoms with van der Waals surface area (Å²) in [6.07, 6.45) is 0.275. The number of nitrogens with one attached hydrogen (secondary N) is 1. The summed E-state index contributed by atoms with van der Waals surface area (Å²) in [5, 5.41) is 2.73. The first-order chi connectivity index (χ1) is 9.43. The highest BCUT2D eigenvalue weighted by Gasteiger charge is 2.67. The van der Waals surface area contributed by atoms with Gasteiger partial charge in [-0.2, -0.15) is 0 Å². The van der Waals surface area contributed by atoms with E-state index in [9.17, 15) is 14.4 Å². The van der Waals surface area contributed by atoms with Crippen molar-refractivity contribution in [1.82, 2.24) is 5.32 Å². The fraction of sp³-hybridized carbons (Fsp3) is 0.786. The molecule has 0 aromatic carbocycles. The summed E-state index contributed by atoms with van der Waals surface area (Å²) in [6, 6.07) is -0.270. The molecule has 1 aliphatic carbocycles. The zero-order chi connectivity index (χ0) is 15.3. The van der Waals surface area contributed by atoms with Gasteiger partial charge in [0.25, 0.3) is 0 Å². The minimum absolute atomic E-state index is 0.0118. The Labute approximate surface area is 119 Å². The second-order valence-electron chi connectivity index (χ2n) is 4.93. The molecule has 1 rings (SSSR count). The quantitative estimate of drug-likeness (QED) is 0.558. The van der Waals surface area contributed by atoms with Crippen molar-refractivity contribution in [2.24, 2.45) is 11.3 Å². The summed E-state index contributed by atoms with van der Waals surface area (Å²) in [6.45, 7) is 7.79. The molecule has 1 saturated carbocycles. The largest absolute Gasteiger partial charge is 0.466 e. The second-order valence-corrected chi connectivity index (χ2v) is 4.93. The number of rotatable bonds is 7. The van der Waals surface area contributed by atoms with Crippen molar-refractivity contribution in [3.8, 4) is 0 Å². The molecule has 0 saturated heterocycles. The predicted molar refractivity (Wildman–Crippen MR) is 71.7 cm³/mol. The second kappa shape index (κ2) is 6.72. The number of hydrogen-bond acceptors (Lipinski definition) is 5. The Hall–Kier alpha value is -1.59. The highest BCUT2D eigenvalue weighted by molar-refractivity contribution is 5.95. The summed E-state index contributed by atoms with van der Waals surface area (Å²) in [5.41, 5.74) is -0.652. The zero-order valence-electron chi connectivity index (χ0n) is 12.5. The first kappa shape index (κ1) is 16.5. The van der Waals surface area contributed by atoms with Gasteiger partial charge in [-0.1, -0.05) is 13.8 Å². The van der Waals surface area contributed by atoms with Gasteiger partial charge in [-0.15, -0.1) is 0 Å². The third-order valence-electron chi connectivity index (χ3n) is 3.93. The monoisotopic (exact) mass is 285 g/mol. The number of hydrogen-bond donors (Lipinski definition) is 1. The molecule has 1 amide bonds. The molecule has 0 radical (unpaired) electrons. The van der Waals surface area contributed by atoms with Crippen LogP contribution in [0.25, 0.3) is 0 Å². The normalized spacial score (nSPS) is 27.6. The Morgan fingerprint density at radius 3 is 2.20 bits per heavy atom.